The number of methoxy groups -OCH3 is 1. The van der Waals surface area contributed by atoms with Crippen LogP contribution in [0.1, 0.15) is 12.8 Å². The molecule has 3 nitrogen and oxygen atoms in total. The maximum atomic E-state index is 5.27. The van der Waals surface area contributed by atoms with Gasteiger partial charge in [-0.3, -0.25) is 11.3 Å². The van der Waals surface area contributed by atoms with Crippen molar-refractivity contribution in [3.63, 3.8) is 0 Å². The zero-order valence-corrected chi connectivity index (χ0v) is 5.76. The second-order valence-electron chi connectivity index (χ2n) is 2.57. The standard InChI is InChI=1S/C6H14N2O/c1-9-4-6(8-7)5-2-3-5/h5-6,8H,2-4,7H2,1H3/t6-/m1/s1. The molecule has 1 aliphatic carbocycles. The van der Waals surface area contributed by atoms with Crippen LogP contribution in [-0.2, 0) is 4.74 Å². The Bertz CT molecular complexity index is 83.1. The van der Waals surface area contributed by atoms with Crippen LogP contribution in [0.4, 0.5) is 0 Å². The van der Waals surface area contributed by atoms with E-state index in [1.54, 1.807) is 7.11 Å². The summed E-state index contributed by atoms with van der Waals surface area (Å²) in [5.74, 6) is 6.04. The number of nitrogens with one attached hydrogen (secondary N) is 1. The highest BCUT2D eigenvalue weighted by Crippen LogP contribution is 2.32. The smallest absolute Gasteiger partial charge is 0.0632 e. The minimum Gasteiger partial charge on any atom is -0.383 e. The van der Waals surface area contributed by atoms with E-state index in [4.69, 9.17) is 10.6 Å². The number of hydrazine groups is 1. The lowest BCUT2D eigenvalue weighted by Crippen LogP contribution is -2.40. The van der Waals surface area contributed by atoms with Crippen molar-refractivity contribution in [1.29, 1.82) is 0 Å². The van der Waals surface area contributed by atoms with Crippen molar-refractivity contribution in [2.75, 3.05) is 13.7 Å². The topological polar surface area (TPSA) is 47.3 Å². The van der Waals surface area contributed by atoms with Gasteiger partial charge in [0.2, 0.25) is 0 Å². The lowest BCUT2D eigenvalue weighted by molar-refractivity contribution is 0.158. The molecule has 3 N–H and O–H groups in total. The summed E-state index contributed by atoms with van der Waals surface area (Å²) in [5.41, 5.74) is 2.74. The Morgan fingerprint density at radius 3 is 2.78 bits per heavy atom. The van der Waals surface area contributed by atoms with Gasteiger partial charge in [0, 0.05) is 13.2 Å². The molecule has 0 aliphatic heterocycles. The molecule has 0 aromatic carbocycles. The normalized spacial score (nSPS) is 22.0. The summed E-state index contributed by atoms with van der Waals surface area (Å²) in [4.78, 5) is 0. The van der Waals surface area contributed by atoms with Crippen molar-refractivity contribution >= 4 is 0 Å². The molecule has 1 saturated carbocycles. The minimum atomic E-state index is 0.384. The second kappa shape index (κ2) is 3.15. The molecule has 0 aromatic heterocycles. The van der Waals surface area contributed by atoms with Crippen molar-refractivity contribution in [2.45, 2.75) is 18.9 Å². The predicted molar refractivity (Wildman–Crippen MR) is 35.7 cm³/mol. The Kier molecular flexibility index (Phi) is 2.45. The molecular formula is C6H14N2O. The Labute approximate surface area is 55.5 Å². The molecule has 0 bridgehead atoms. The van der Waals surface area contributed by atoms with Crippen LogP contribution in [0, 0.1) is 5.92 Å². The van der Waals surface area contributed by atoms with Gasteiger partial charge in [-0.2, -0.15) is 0 Å². The summed E-state index contributed by atoms with van der Waals surface area (Å²) >= 11 is 0. The van der Waals surface area contributed by atoms with Crippen LogP contribution in [0.3, 0.4) is 0 Å². The average Bonchev–Trinajstić information content (AvgIpc) is 2.64. The van der Waals surface area contributed by atoms with E-state index in [1.165, 1.54) is 12.8 Å². The van der Waals surface area contributed by atoms with Crippen LogP contribution >= 0.6 is 0 Å². The van der Waals surface area contributed by atoms with Crippen molar-refractivity contribution in [1.82, 2.24) is 5.43 Å². The zero-order chi connectivity index (χ0) is 6.69. The van der Waals surface area contributed by atoms with Crippen molar-refractivity contribution in [3.05, 3.63) is 0 Å². The fourth-order valence-electron chi connectivity index (χ4n) is 0.998. The summed E-state index contributed by atoms with van der Waals surface area (Å²) in [6.45, 7) is 0.737. The lowest BCUT2D eigenvalue weighted by Gasteiger charge is -2.12. The van der Waals surface area contributed by atoms with Gasteiger partial charge in [-0.1, -0.05) is 0 Å². The predicted octanol–water partition coefficient (Wildman–Crippen LogP) is -0.125. The number of hydrogen-bond acceptors (Lipinski definition) is 3. The Balaban J connectivity index is 2.12. The molecule has 54 valence electrons. The zero-order valence-electron chi connectivity index (χ0n) is 5.76. The van der Waals surface area contributed by atoms with E-state index < -0.39 is 0 Å². The number of nitrogens with two attached hydrogens (primary N) is 1. The van der Waals surface area contributed by atoms with Gasteiger partial charge >= 0.3 is 0 Å². The van der Waals surface area contributed by atoms with Gasteiger partial charge in [0.25, 0.3) is 0 Å². The van der Waals surface area contributed by atoms with E-state index in [0.717, 1.165) is 12.5 Å². The van der Waals surface area contributed by atoms with Crippen LogP contribution in [-0.4, -0.2) is 19.8 Å². The Hall–Kier alpha value is -0.120. The largest absolute Gasteiger partial charge is 0.383 e. The first kappa shape index (κ1) is 6.99. The molecule has 1 fully saturated rings. The van der Waals surface area contributed by atoms with Crippen LogP contribution in [0.5, 0.6) is 0 Å². The third-order valence-electron chi connectivity index (χ3n) is 1.75. The molecule has 0 spiro atoms. The molecule has 0 radical (unpaired) electrons. The van der Waals surface area contributed by atoms with Crippen molar-refractivity contribution in [2.24, 2.45) is 11.8 Å². The Morgan fingerprint density at radius 2 is 2.44 bits per heavy atom. The van der Waals surface area contributed by atoms with Crippen LogP contribution in [0.15, 0.2) is 0 Å². The molecule has 0 saturated heterocycles. The quantitative estimate of drug-likeness (QED) is 0.412. The first-order valence-corrected chi connectivity index (χ1v) is 3.33. The van der Waals surface area contributed by atoms with Crippen molar-refractivity contribution in [3.8, 4) is 0 Å². The van der Waals surface area contributed by atoms with Gasteiger partial charge in [-0.05, 0) is 18.8 Å². The van der Waals surface area contributed by atoms with E-state index in [1.807, 2.05) is 0 Å². The molecular weight excluding hydrogens is 116 g/mol. The van der Waals surface area contributed by atoms with E-state index in [0.29, 0.717) is 6.04 Å². The lowest BCUT2D eigenvalue weighted by atomic mass is 10.2. The summed E-state index contributed by atoms with van der Waals surface area (Å²) in [6, 6.07) is 0.384. The maximum absolute atomic E-state index is 5.27. The fourth-order valence-corrected chi connectivity index (χ4v) is 0.998. The molecule has 0 amide bonds. The molecule has 1 aliphatic rings. The highest BCUT2D eigenvalue weighted by atomic mass is 16.5. The van der Waals surface area contributed by atoms with Gasteiger partial charge in [0.15, 0.2) is 0 Å². The average molecular weight is 130 g/mol. The van der Waals surface area contributed by atoms with Crippen molar-refractivity contribution < 1.29 is 4.74 Å². The highest BCUT2D eigenvalue weighted by molar-refractivity contribution is 4.84. The van der Waals surface area contributed by atoms with E-state index in [2.05, 4.69) is 5.43 Å². The maximum Gasteiger partial charge on any atom is 0.0632 e. The summed E-state index contributed by atoms with van der Waals surface area (Å²) < 4.78 is 4.95. The molecule has 9 heavy (non-hydrogen) atoms. The van der Waals surface area contributed by atoms with Gasteiger partial charge in [0.05, 0.1) is 6.61 Å². The fraction of sp³-hybridized carbons (Fsp3) is 1.00. The summed E-state index contributed by atoms with van der Waals surface area (Å²) in [6.07, 6.45) is 2.61. The van der Waals surface area contributed by atoms with Crippen LogP contribution in [0.2, 0.25) is 0 Å². The number of hydrogen-bond donors (Lipinski definition) is 2. The minimum absolute atomic E-state index is 0.384. The second-order valence-corrected chi connectivity index (χ2v) is 2.57. The van der Waals surface area contributed by atoms with Gasteiger partial charge < -0.3 is 4.74 Å². The van der Waals surface area contributed by atoms with Gasteiger partial charge in [0.1, 0.15) is 0 Å². The van der Waals surface area contributed by atoms with E-state index >= 15 is 0 Å². The molecule has 0 aromatic rings. The first-order chi connectivity index (χ1) is 4.38. The third kappa shape index (κ3) is 1.93. The Morgan fingerprint density at radius 1 is 1.78 bits per heavy atom. The monoisotopic (exact) mass is 130 g/mol. The molecule has 1 rings (SSSR count). The highest BCUT2D eigenvalue weighted by Gasteiger charge is 2.29. The summed E-state index contributed by atoms with van der Waals surface area (Å²) in [7, 11) is 1.70. The number of rotatable bonds is 4. The SMILES string of the molecule is COC[C@@H](NN)C1CC1. The molecule has 3 heteroatoms. The van der Waals surface area contributed by atoms with Crippen LogP contribution < -0.4 is 11.3 Å². The summed E-state index contributed by atoms with van der Waals surface area (Å²) in [5, 5.41) is 0. The van der Waals surface area contributed by atoms with Gasteiger partial charge in [-0.25, -0.2) is 0 Å². The van der Waals surface area contributed by atoms with Gasteiger partial charge in [-0.15, -0.1) is 0 Å². The molecule has 1 atom stereocenters. The third-order valence-corrected chi connectivity index (χ3v) is 1.75. The van der Waals surface area contributed by atoms with Crippen LogP contribution in [0.25, 0.3) is 0 Å². The first-order valence-electron chi connectivity index (χ1n) is 3.33. The number of ether oxygens (including phenoxy) is 1. The van der Waals surface area contributed by atoms with E-state index in [9.17, 15) is 0 Å². The molecule has 0 unspecified atom stereocenters. The van der Waals surface area contributed by atoms with E-state index in [-0.39, 0.29) is 0 Å². The molecule has 0 heterocycles.